The van der Waals surface area contributed by atoms with Crippen molar-refractivity contribution >= 4 is 5.97 Å². The minimum Gasteiger partial charge on any atom is -0.494 e. The third-order valence-electron chi connectivity index (χ3n) is 6.44. The Labute approximate surface area is 227 Å². The maximum Gasteiger partial charge on any atom is 0.343 e. The summed E-state index contributed by atoms with van der Waals surface area (Å²) in [7, 11) is 0. The summed E-state index contributed by atoms with van der Waals surface area (Å²) in [5.41, 5.74) is 2.18. The van der Waals surface area contributed by atoms with Crippen LogP contribution in [0, 0.1) is 5.82 Å². The number of carbonyl (C=O) groups excluding carboxylic acids is 1. The molecule has 3 aromatic rings. The Morgan fingerprint density at radius 2 is 1.16 bits per heavy atom. The molecule has 204 valence electrons. The SMILES string of the molecule is CCCCCCCCOc1ccc(C(=O)Oc2ccc(-c3ccc(OCCCCCC)cc3)cc2)cc1F. The van der Waals surface area contributed by atoms with Gasteiger partial charge in [0.05, 0.1) is 18.8 Å². The number of carbonyl (C=O) groups is 1. The second-order valence-corrected chi connectivity index (χ2v) is 9.61. The van der Waals surface area contributed by atoms with Crippen molar-refractivity contribution in [1.82, 2.24) is 0 Å². The molecule has 4 nitrogen and oxygen atoms in total. The van der Waals surface area contributed by atoms with Gasteiger partial charge in [-0.1, -0.05) is 89.5 Å². The average molecular weight is 521 g/mol. The molecule has 38 heavy (non-hydrogen) atoms. The summed E-state index contributed by atoms with van der Waals surface area (Å²) in [6.45, 7) is 5.59. The van der Waals surface area contributed by atoms with E-state index in [-0.39, 0.29) is 11.3 Å². The van der Waals surface area contributed by atoms with E-state index in [4.69, 9.17) is 14.2 Å². The Morgan fingerprint density at radius 3 is 1.76 bits per heavy atom. The van der Waals surface area contributed by atoms with Gasteiger partial charge in [0.25, 0.3) is 0 Å². The van der Waals surface area contributed by atoms with Gasteiger partial charge in [0.15, 0.2) is 11.6 Å². The van der Waals surface area contributed by atoms with Crippen LogP contribution in [0.1, 0.15) is 88.4 Å². The minimum atomic E-state index is -0.612. The van der Waals surface area contributed by atoms with Crippen LogP contribution in [0.15, 0.2) is 66.7 Å². The van der Waals surface area contributed by atoms with Gasteiger partial charge in [0.2, 0.25) is 0 Å². The molecule has 0 aromatic heterocycles. The summed E-state index contributed by atoms with van der Waals surface area (Å²) >= 11 is 0. The molecule has 0 heterocycles. The fourth-order valence-corrected chi connectivity index (χ4v) is 4.15. The molecule has 0 radical (unpaired) electrons. The van der Waals surface area contributed by atoms with E-state index in [0.29, 0.717) is 12.4 Å². The maximum atomic E-state index is 14.5. The normalized spacial score (nSPS) is 10.8. The molecule has 0 aliphatic rings. The van der Waals surface area contributed by atoms with Crippen molar-refractivity contribution in [3.63, 3.8) is 0 Å². The average Bonchev–Trinajstić information content (AvgIpc) is 2.94. The third-order valence-corrected chi connectivity index (χ3v) is 6.44. The third kappa shape index (κ3) is 9.85. The number of halogens is 1. The minimum absolute atomic E-state index is 0.142. The van der Waals surface area contributed by atoms with E-state index in [1.54, 1.807) is 12.1 Å². The molecular formula is C33H41FO4. The first kappa shape index (κ1) is 29.2. The Kier molecular flexibility index (Phi) is 12.7. The first-order valence-corrected chi connectivity index (χ1v) is 14.1. The lowest BCUT2D eigenvalue weighted by Crippen LogP contribution is -2.09. The molecule has 0 N–H and O–H groups in total. The van der Waals surface area contributed by atoms with Crippen LogP contribution in [0.25, 0.3) is 11.1 Å². The van der Waals surface area contributed by atoms with Crippen LogP contribution < -0.4 is 14.2 Å². The van der Waals surface area contributed by atoms with Crippen molar-refractivity contribution < 1.29 is 23.4 Å². The highest BCUT2D eigenvalue weighted by molar-refractivity contribution is 5.91. The second-order valence-electron chi connectivity index (χ2n) is 9.61. The topological polar surface area (TPSA) is 44.8 Å². The van der Waals surface area contributed by atoms with Crippen LogP contribution in [0.4, 0.5) is 4.39 Å². The molecule has 0 amide bonds. The van der Waals surface area contributed by atoms with Crippen LogP contribution in [0.3, 0.4) is 0 Å². The highest BCUT2D eigenvalue weighted by Crippen LogP contribution is 2.26. The van der Waals surface area contributed by atoms with Gasteiger partial charge in [-0.3, -0.25) is 0 Å². The summed E-state index contributed by atoms with van der Waals surface area (Å²) in [6.07, 6.45) is 11.5. The molecule has 0 aliphatic heterocycles. The van der Waals surface area contributed by atoms with Gasteiger partial charge in [0, 0.05) is 0 Å². The smallest absolute Gasteiger partial charge is 0.343 e. The molecule has 0 unspecified atom stereocenters. The van der Waals surface area contributed by atoms with Crippen LogP contribution >= 0.6 is 0 Å². The summed E-state index contributed by atoms with van der Waals surface area (Å²) in [5, 5.41) is 0. The van der Waals surface area contributed by atoms with E-state index < -0.39 is 11.8 Å². The van der Waals surface area contributed by atoms with E-state index >= 15 is 0 Å². The number of ether oxygens (including phenoxy) is 3. The summed E-state index contributed by atoms with van der Waals surface area (Å²) in [6, 6.07) is 19.4. The van der Waals surface area contributed by atoms with E-state index in [0.717, 1.165) is 42.7 Å². The number of benzene rings is 3. The van der Waals surface area contributed by atoms with E-state index in [2.05, 4.69) is 13.8 Å². The fraction of sp³-hybridized carbons (Fsp3) is 0.424. The lowest BCUT2D eigenvalue weighted by Gasteiger charge is -2.10. The van der Waals surface area contributed by atoms with Gasteiger partial charge in [-0.15, -0.1) is 0 Å². The molecule has 3 aromatic carbocycles. The van der Waals surface area contributed by atoms with Crippen LogP contribution in [0.5, 0.6) is 17.2 Å². The van der Waals surface area contributed by atoms with Crippen molar-refractivity contribution in [1.29, 1.82) is 0 Å². The lowest BCUT2D eigenvalue weighted by molar-refractivity contribution is 0.0734. The molecule has 0 saturated heterocycles. The van der Waals surface area contributed by atoms with E-state index in [1.807, 2.05) is 36.4 Å². The standard InChI is InChI=1S/C33H41FO4/c1-3-5-7-9-10-12-24-37-32-22-17-28(25-31(32)34)33(35)38-30-20-15-27(16-21-30)26-13-18-29(19-14-26)36-23-11-8-6-4-2/h13-22,25H,3-12,23-24H2,1-2H3. The van der Waals surface area contributed by atoms with Crippen LogP contribution in [0.2, 0.25) is 0 Å². The number of hydrogen-bond donors (Lipinski definition) is 0. The van der Waals surface area contributed by atoms with Crippen LogP contribution in [-0.2, 0) is 0 Å². The molecular weight excluding hydrogens is 479 g/mol. The molecule has 0 spiro atoms. The summed E-state index contributed by atoms with van der Waals surface area (Å²) in [4.78, 5) is 12.6. The number of esters is 1. The van der Waals surface area contributed by atoms with Gasteiger partial charge in [-0.25, -0.2) is 9.18 Å². The zero-order valence-corrected chi connectivity index (χ0v) is 22.8. The Hall–Kier alpha value is -3.34. The van der Waals surface area contributed by atoms with Gasteiger partial charge in [-0.05, 0) is 66.4 Å². The quantitative estimate of drug-likeness (QED) is 0.101. The fourth-order valence-electron chi connectivity index (χ4n) is 4.15. The van der Waals surface area contributed by atoms with Crippen molar-refractivity contribution in [2.75, 3.05) is 13.2 Å². The Morgan fingerprint density at radius 1 is 0.632 bits per heavy atom. The largest absolute Gasteiger partial charge is 0.494 e. The van der Waals surface area contributed by atoms with Crippen molar-refractivity contribution in [3.8, 4) is 28.4 Å². The predicted octanol–water partition coefficient (Wildman–Crippen LogP) is 9.41. The first-order valence-electron chi connectivity index (χ1n) is 14.1. The van der Waals surface area contributed by atoms with Crippen molar-refractivity contribution in [3.05, 3.63) is 78.1 Å². The number of rotatable bonds is 17. The summed E-state index contributed by atoms with van der Waals surface area (Å²) in [5.74, 6) is 0.248. The zero-order chi connectivity index (χ0) is 27.0. The predicted molar refractivity (Wildman–Crippen MR) is 152 cm³/mol. The van der Waals surface area contributed by atoms with Gasteiger partial charge in [0.1, 0.15) is 11.5 Å². The zero-order valence-electron chi connectivity index (χ0n) is 22.8. The van der Waals surface area contributed by atoms with E-state index in [9.17, 15) is 9.18 Å². The molecule has 3 rings (SSSR count). The first-order chi connectivity index (χ1) is 18.6. The molecule has 0 fully saturated rings. The Bertz CT molecular complexity index is 1090. The monoisotopic (exact) mass is 520 g/mol. The molecule has 5 heteroatoms. The highest BCUT2D eigenvalue weighted by Gasteiger charge is 2.13. The number of hydrogen-bond acceptors (Lipinski definition) is 4. The number of unbranched alkanes of at least 4 members (excludes halogenated alkanes) is 8. The molecule has 0 saturated carbocycles. The highest BCUT2D eigenvalue weighted by atomic mass is 19.1. The Balaban J connectivity index is 1.46. The summed E-state index contributed by atoms with van der Waals surface area (Å²) < 4.78 is 31.3. The van der Waals surface area contributed by atoms with E-state index in [1.165, 1.54) is 63.1 Å². The van der Waals surface area contributed by atoms with Crippen molar-refractivity contribution in [2.24, 2.45) is 0 Å². The molecule has 0 atom stereocenters. The van der Waals surface area contributed by atoms with Gasteiger partial charge < -0.3 is 14.2 Å². The van der Waals surface area contributed by atoms with Crippen LogP contribution in [-0.4, -0.2) is 19.2 Å². The maximum absolute atomic E-state index is 14.5. The second kappa shape index (κ2) is 16.5. The molecule has 0 aliphatic carbocycles. The lowest BCUT2D eigenvalue weighted by atomic mass is 10.1. The van der Waals surface area contributed by atoms with Crippen molar-refractivity contribution in [2.45, 2.75) is 78.1 Å². The van der Waals surface area contributed by atoms with Gasteiger partial charge >= 0.3 is 5.97 Å². The van der Waals surface area contributed by atoms with Gasteiger partial charge in [-0.2, -0.15) is 0 Å². The molecule has 0 bridgehead atoms.